The van der Waals surface area contributed by atoms with E-state index >= 15 is 0 Å². The summed E-state index contributed by atoms with van der Waals surface area (Å²) in [5.74, 6) is 0.120. The Kier molecular flexibility index (Phi) is 4.54. The maximum Gasteiger partial charge on any atom is 0.240 e. The molecule has 106 valence electrons. The lowest BCUT2D eigenvalue weighted by Crippen LogP contribution is -2.27. The summed E-state index contributed by atoms with van der Waals surface area (Å²) in [6, 6.07) is 3.85. The molecule has 0 bridgehead atoms. The van der Waals surface area contributed by atoms with Crippen molar-refractivity contribution in [1.29, 1.82) is 0 Å². The van der Waals surface area contributed by atoms with Crippen LogP contribution < -0.4 is 10.0 Å². The molecular formula is C13H19FN2O2S. The van der Waals surface area contributed by atoms with E-state index in [1.165, 1.54) is 25.0 Å². The molecule has 0 saturated heterocycles. The monoisotopic (exact) mass is 286 g/mol. The van der Waals surface area contributed by atoms with Crippen LogP contribution in [-0.2, 0) is 16.6 Å². The third-order valence-corrected chi connectivity index (χ3v) is 4.77. The van der Waals surface area contributed by atoms with Gasteiger partial charge < -0.3 is 5.32 Å². The van der Waals surface area contributed by atoms with Crippen molar-refractivity contribution in [2.24, 2.45) is 5.92 Å². The van der Waals surface area contributed by atoms with E-state index in [0.29, 0.717) is 24.6 Å². The van der Waals surface area contributed by atoms with E-state index in [1.807, 2.05) is 0 Å². The van der Waals surface area contributed by atoms with Gasteiger partial charge in [-0.1, -0.05) is 18.9 Å². The molecule has 0 atom stereocenters. The lowest BCUT2D eigenvalue weighted by Gasteiger charge is -2.11. The molecule has 0 radical (unpaired) electrons. The van der Waals surface area contributed by atoms with Gasteiger partial charge in [0.1, 0.15) is 5.82 Å². The van der Waals surface area contributed by atoms with Crippen LogP contribution in [0.5, 0.6) is 0 Å². The van der Waals surface area contributed by atoms with Crippen molar-refractivity contribution >= 4 is 10.0 Å². The van der Waals surface area contributed by atoms with E-state index in [4.69, 9.17) is 0 Å². The lowest BCUT2D eigenvalue weighted by atomic mass is 10.2. The summed E-state index contributed by atoms with van der Waals surface area (Å²) in [7, 11) is -1.91. The van der Waals surface area contributed by atoms with Gasteiger partial charge in [-0.25, -0.2) is 17.5 Å². The number of rotatable bonds is 7. The molecule has 0 amide bonds. The summed E-state index contributed by atoms with van der Waals surface area (Å²) < 4.78 is 40.2. The third-order valence-electron chi connectivity index (χ3n) is 3.23. The quantitative estimate of drug-likeness (QED) is 0.801. The fourth-order valence-electron chi connectivity index (χ4n) is 2.00. The van der Waals surface area contributed by atoms with Gasteiger partial charge in [-0.05, 0) is 37.1 Å². The molecule has 1 aliphatic carbocycles. The topological polar surface area (TPSA) is 58.2 Å². The summed E-state index contributed by atoms with van der Waals surface area (Å²) in [4.78, 5) is 0.0256. The van der Waals surface area contributed by atoms with E-state index < -0.39 is 15.8 Å². The maximum absolute atomic E-state index is 13.3. The minimum Gasteiger partial charge on any atom is -0.316 e. The molecule has 2 rings (SSSR count). The fourth-order valence-corrected chi connectivity index (χ4v) is 3.29. The predicted molar refractivity (Wildman–Crippen MR) is 71.7 cm³/mol. The highest BCUT2D eigenvalue weighted by Crippen LogP contribution is 2.31. The molecule has 0 spiro atoms. The van der Waals surface area contributed by atoms with Gasteiger partial charge >= 0.3 is 0 Å². The fraction of sp³-hybridized carbons (Fsp3) is 0.538. The minimum atomic E-state index is -3.63. The average Bonchev–Trinajstić information content (AvgIpc) is 3.15. The molecule has 0 aliphatic heterocycles. The molecular weight excluding hydrogens is 267 g/mol. The second-order valence-corrected chi connectivity index (χ2v) is 6.65. The first kappa shape index (κ1) is 14.4. The second kappa shape index (κ2) is 5.98. The number of halogens is 1. The predicted octanol–water partition coefficient (Wildman–Crippen LogP) is 1.62. The largest absolute Gasteiger partial charge is 0.316 e. The molecule has 4 nitrogen and oxygen atoms in total. The first-order valence-electron chi connectivity index (χ1n) is 6.45. The van der Waals surface area contributed by atoms with Gasteiger partial charge in [-0.2, -0.15) is 0 Å². The molecule has 19 heavy (non-hydrogen) atoms. The van der Waals surface area contributed by atoms with E-state index in [0.717, 1.165) is 12.5 Å². The van der Waals surface area contributed by atoms with Crippen LogP contribution in [0, 0.1) is 11.7 Å². The summed E-state index contributed by atoms with van der Waals surface area (Å²) in [6.45, 7) is 0.807. The van der Waals surface area contributed by atoms with Gasteiger partial charge in [0.2, 0.25) is 10.0 Å². The molecule has 1 aliphatic rings. The Labute approximate surface area is 113 Å². The molecule has 0 aromatic heterocycles. The third kappa shape index (κ3) is 3.99. The van der Waals surface area contributed by atoms with E-state index in [2.05, 4.69) is 10.0 Å². The number of hydrogen-bond acceptors (Lipinski definition) is 3. The molecule has 1 aromatic carbocycles. The molecule has 0 heterocycles. The highest BCUT2D eigenvalue weighted by Gasteiger charge is 2.23. The van der Waals surface area contributed by atoms with Crippen LogP contribution >= 0.6 is 0 Å². The maximum atomic E-state index is 13.3. The van der Waals surface area contributed by atoms with Gasteiger partial charge in [-0.3, -0.25) is 0 Å². The zero-order valence-corrected chi connectivity index (χ0v) is 11.8. The Balaban J connectivity index is 2.14. The Hall–Kier alpha value is -0.980. The molecule has 1 fully saturated rings. The van der Waals surface area contributed by atoms with Crippen LogP contribution in [0.25, 0.3) is 0 Å². The Bertz CT molecular complexity index is 542. The van der Waals surface area contributed by atoms with Crippen molar-refractivity contribution in [3.8, 4) is 0 Å². The SMILES string of the molecule is CNCc1ccc(F)cc1S(=O)(=O)NCCC1CC1. The van der Waals surface area contributed by atoms with Crippen molar-refractivity contribution in [2.75, 3.05) is 13.6 Å². The van der Waals surface area contributed by atoms with Crippen LogP contribution in [-0.4, -0.2) is 22.0 Å². The van der Waals surface area contributed by atoms with Gasteiger partial charge in [0.15, 0.2) is 0 Å². The summed E-state index contributed by atoms with van der Waals surface area (Å²) in [6.07, 6.45) is 3.23. The van der Waals surface area contributed by atoms with Crippen molar-refractivity contribution in [1.82, 2.24) is 10.0 Å². The minimum absolute atomic E-state index is 0.0256. The van der Waals surface area contributed by atoms with Crippen LogP contribution in [0.3, 0.4) is 0 Å². The molecule has 6 heteroatoms. The van der Waals surface area contributed by atoms with Crippen LogP contribution in [0.4, 0.5) is 4.39 Å². The Morgan fingerprint density at radius 1 is 1.37 bits per heavy atom. The van der Waals surface area contributed by atoms with Crippen LogP contribution in [0.2, 0.25) is 0 Å². The van der Waals surface area contributed by atoms with Crippen LogP contribution in [0.1, 0.15) is 24.8 Å². The average molecular weight is 286 g/mol. The summed E-state index contributed by atoms with van der Waals surface area (Å²) in [5, 5.41) is 2.89. The molecule has 2 N–H and O–H groups in total. The van der Waals surface area contributed by atoms with E-state index in [9.17, 15) is 12.8 Å². The first-order valence-corrected chi connectivity index (χ1v) is 7.94. The standard InChI is InChI=1S/C13H19FN2O2S/c1-15-9-11-4-5-12(14)8-13(11)19(17,18)16-7-6-10-2-3-10/h4-5,8,10,15-16H,2-3,6-7,9H2,1H3. The summed E-state index contributed by atoms with van der Waals surface area (Å²) >= 11 is 0. The molecule has 1 aromatic rings. The Morgan fingerprint density at radius 3 is 2.74 bits per heavy atom. The van der Waals surface area contributed by atoms with Crippen molar-refractivity contribution in [3.05, 3.63) is 29.6 Å². The van der Waals surface area contributed by atoms with E-state index in [-0.39, 0.29) is 4.90 Å². The zero-order valence-electron chi connectivity index (χ0n) is 10.9. The highest BCUT2D eigenvalue weighted by atomic mass is 32.2. The van der Waals surface area contributed by atoms with Crippen molar-refractivity contribution in [3.63, 3.8) is 0 Å². The number of hydrogen-bond donors (Lipinski definition) is 2. The zero-order chi connectivity index (χ0) is 13.9. The van der Waals surface area contributed by atoms with Crippen LogP contribution in [0.15, 0.2) is 23.1 Å². The number of nitrogens with one attached hydrogen (secondary N) is 2. The number of benzene rings is 1. The molecule has 0 unspecified atom stereocenters. The smallest absolute Gasteiger partial charge is 0.240 e. The first-order chi connectivity index (χ1) is 9.03. The van der Waals surface area contributed by atoms with E-state index in [1.54, 1.807) is 7.05 Å². The highest BCUT2D eigenvalue weighted by molar-refractivity contribution is 7.89. The van der Waals surface area contributed by atoms with Gasteiger partial charge in [-0.15, -0.1) is 0 Å². The van der Waals surface area contributed by atoms with Gasteiger partial charge in [0.05, 0.1) is 4.90 Å². The van der Waals surface area contributed by atoms with Gasteiger partial charge in [0.25, 0.3) is 0 Å². The second-order valence-electron chi connectivity index (χ2n) is 4.91. The summed E-state index contributed by atoms with van der Waals surface area (Å²) in [5.41, 5.74) is 0.572. The lowest BCUT2D eigenvalue weighted by molar-refractivity contribution is 0.569. The van der Waals surface area contributed by atoms with Gasteiger partial charge in [0, 0.05) is 13.1 Å². The molecule has 1 saturated carbocycles. The number of sulfonamides is 1. The normalized spacial score (nSPS) is 15.7. The Morgan fingerprint density at radius 2 is 2.11 bits per heavy atom. The van der Waals surface area contributed by atoms with Crippen molar-refractivity contribution in [2.45, 2.75) is 30.7 Å². The van der Waals surface area contributed by atoms with Crippen molar-refractivity contribution < 1.29 is 12.8 Å².